The molecule has 4 rings (SSSR count). The number of aryl methyl sites for hydroxylation is 2. The molecule has 0 saturated carbocycles. The van der Waals surface area contributed by atoms with Crippen LogP contribution in [0.5, 0.6) is 0 Å². The van der Waals surface area contributed by atoms with E-state index < -0.39 is 17.8 Å². The zero-order valence-corrected chi connectivity index (χ0v) is 16.2. The molecular formula is C21H20F3N5. The predicted octanol–water partition coefficient (Wildman–Crippen LogP) is 5.27. The van der Waals surface area contributed by atoms with Gasteiger partial charge in [0.15, 0.2) is 0 Å². The zero-order chi connectivity index (χ0) is 20.9. The molecule has 0 saturated heterocycles. The van der Waals surface area contributed by atoms with Crippen LogP contribution < -0.4 is 11.1 Å². The fraction of sp³-hybridized carbons (Fsp3) is 0.238. The first-order valence-electron chi connectivity index (χ1n) is 9.11. The van der Waals surface area contributed by atoms with E-state index in [1.165, 1.54) is 0 Å². The van der Waals surface area contributed by atoms with E-state index in [2.05, 4.69) is 21.4 Å². The molecule has 0 fully saturated rings. The Morgan fingerprint density at radius 3 is 2.52 bits per heavy atom. The van der Waals surface area contributed by atoms with E-state index in [9.17, 15) is 13.2 Å². The molecule has 0 unspecified atom stereocenters. The lowest BCUT2D eigenvalue weighted by atomic mass is 10.0. The Morgan fingerprint density at radius 2 is 1.79 bits per heavy atom. The number of benzene rings is 2. The van der Waals surface area contributed by atoms with E-state index in [4.69, 9.17) is 5.73 Å². The van der Waals surface area contributed by atoms with Crippen molar-refractivity contribution in [1.29, 1.82) is 0 Å². The summed E-state index contributed by atoms with van der Waals surface area (Å²) in [4.78, 5) is 8.85. The fourth-order valence-electron chi connectivity index (χ4n) is 3.41. The fourth-order valence-corrected chi connectivity index (χ4v) is 3.41. The number of halogens is 3. The molecule has 0 bridgehead atoms. The SMILES string of the molecule is Cc1cc2c(N[C@H](C)c3cc(N)cc(C(F)(F)F)c3)nc3nccn3c2cc1C. The minimum atomic E-state index is -4.46. The highest BCUT2D eigenvalue weighted by molar-refractivity contribution is 5.92. The topological polar surface area (TPSA) is 68.2 Å². The second-order valence-electron chi connectivity index (χ2n) is 7.26. The Morgan fingerprint density at radius 1 is 1.07 bits per heavy atom. The maximum atomic E-state index is 13.2. The van der Waals surface area contributed by atoms with Crippen molar-refractivity contribution in [2.75, 3.05) is 11.1 Å². The molecule has 2 heterocycles. The summed E-state index contributed by atoms with van der Waals surface area (Å²) >= 11 is 0. The highest BCUT2D eigenvalue weighted by Gasteiger charge is 2.31. The van der Waals surface area contributed by atoms with Crippen LogP contribution in [0.4, 0.5) is 24.7 Å². The molecule has 2 aromatic heterocycles. The molecule has 4 aromatic rings. The molecule has 1 atom stereocenters. The average molecular weight is 399 g/mol. The number of alkyl halides is 3. The van der Waals surface area contributed by atoms with Gasteiger partial charge in [-0.25, -0.2) is 4.98 Å². The average Bonchev–Trinajstić information content (AvgIpc) is 3.10. The van der Waals surface area contributed by atoms with Gasteiger partial charge in [-0.3, -0.25) is 4.40 Å². The van der Waals surface area contributed by atoms with Crippen molar-refractivity contribution in [3.8, 4) is 0 Å². The van der Waals surface area contributed by atoms with Crippen LogP contribution >= 0.6 is 0 Å². The van der Waals surface area contributed by atoms with E-state index in [0.717, 1.165) is 34.2 Å². The maximum Gasteiger partial charge on any atom is 0.416 e. The number of rotatable bonds is 3. The first-order valence-corrected chi connectivity index (χ1v) is 9.11. The monoisotopic (exact) mass is 399 g/mol. The lowest BCUT2D eigenvalue weighted by molar-refractivity contribution is -0.137. The molecule has 5 nitrogen and oxygen atoms in total. The number of nitrogens with one attached hydrogen (secondary N) is 1. The standard InChI is InChI=1S/C21H20F3N5/c1-11-6-17-18(7-12(11)2)29-5-4-26-20(29)28-19(17)27-13(3)14-8-15(21(22,23)24)10-16(25)9-14/h4-10,13H,25H2,1-3H3,(H,26,27,28)/t13-/m1/s1. The van der Waals surface area contributed by atoms with Crippen molar-refractivity contribution in [2.24, 2.45) is 0 Å². The van der Waals surface area contributed by atoms with Gasteiger partial charge in [0.25, 0.3) is 0 Å². The summed E-state index contributed by atoms with van der Waals surface area (Å²) < 4.78 is 41.4. The van der Waals surface area contributed by atoms with Gasteiger partial charge in [0.05, 0.1) is 17.1 Å². The molecule has 0 aliphatic carbocycles. The summed E-state index contributed by atoms with van der Waals surface area (Å²) in [5, 5.41) is 4.11. The summed E-state index contributed by atoms with van der Waals surface area (Å²) in [6.45, 7) is 5.81. The van der Waals surface area contributed by atoms with E-state index in [0.29, 0.717) is 17.2 Å². The van der Waals surface area contributed by atoms with Gasteiger partial charge < -0.3 is 11.1 Å². The summed E-state index contributed by atoms with van der Waals surface area (Å²) in [5.74, 6) is 1.07. The number of hydrogen-bond acceptors (Lipinski definition) is 4. The van der Waals surface area contributed by atoms with Crippen LogP contribution in [0, 0.1) is 13.8 Å². The molecule has 29 heavy (non-hydrogen) atoms. The number of imidazole rings is 1. The van der Waals surface area contributed by atoms with E-state index in [-0.39, 0.29) is 5.69 Å². The van der Waals surface area contributed by atoms with Crippen molar-refractivity contribution in [3.63, 3.8) is 0 Å². The molecule has 0 aliphatic heterocycles. The highest BCUT2D eigenvalue weighted by atomic mass is 19.4. The molecule has 2 aromatic carbocycles. The van der Waals surface area contributed by atoms with Gasteiger partial charge in [0.2, 0.25) is 5.78 Å². The summed E-state index contributed by atoms with van der Waals surface area (Å²) in [7, 11) is 0. The minimum absolute atomic E-state index is 0.0662. The van der Waals surface area contributed by atoms with Gasteiger partial charge in [-0.2, -0.15) is 18.2 Å². The van der Waals surface area contributed by atoms with Gasteiger partial charge in [0, 0.05) is 23.5 Å². The normalized spacial score (nSPS) is 13.2. The predicted molar refractivity (Wildman–Crippen MR) is 108 cm³/mol. The molecule has 3 N–H and O–H groups in total. The zero-order valence-electron chi connectivity index (χ0n) is 16.2. The van der Waals surface area contributed by atoms with Crippen LogP contribution in [0.15, 0.2) is 42.7 Å². The van der Waals surface area contributed by atoms with Crippen LogP contribution in [0.1, 0.15) is 35.2 Å². The summed E-state index contributed by atoms with van der Waals surface area (Å²) in [6.07, 6.45) is -0.962. The van der Waals surface area contributed by atoms with Crippen molar-refractivity contribution in [3.05, 3.63) is 65.0 Å². The van der Waals surface area contributed by atoms with Crippen molar-refractivity contribution in [1.82, 2.24) is 14.4 Å². The number of aromatic nitrogens is 3. The number of fused-ring (bicyclic) bond motifs is 3. The number of hydrogen-bond donors (Lipinski definition) is 2. The lowest BCUT2D eigenvalue weighted by Gasteiger charge is -2.19. The summed E-state index contributed by atoms with van der Waals surface area (Å²) in [5.41, 5.74) is 8.59. The first-order chi connectivity index (χ1) is 13.6. The van der Waals surface area contributed by atoms with Crippen LogP contribution in [-0.2, 0) is 6.18 Å². The van der Waals surface area contributed by atoms with Crippen LogP contribution in [0.3, 0.4) is 0 Å². The van der Waals surface area contributed by atoms with E-state index in [1.807, 2.05) is 30.5 Å². The molecule has 0 spiro atoms. The Labute approximate surface area is 165 Å². The van der Waals surface area contributed by atoms with Gasteiger partial charge in [-0.05, 0) is 67.8 Å². The Hall–Kier alpha value is -3.29. The molecule has 0 aliphatic rings. The Bertz CT molecular complexity index is 1230. The number of nitrogens with two attached hydrogens (primary N) is 1. The molecular weight excluding hydrogens is 379 g/mol. The Kier molecular flexibility index (Phi) is 4.37. The van der Waals surface area contributed by atoms with Gasteiger partial charge >= 0.3 is 6.18 Å². The lowest BCUT2D eigenvalue weighted by Crippen LogP contribution is -2.13. The first kappa shape index (κ1) is 19.0. The maximum absolute atomic E-state index is 13.2. The number of nitrogen functional groups attached to an aromatic ring is 1. The Balaban J connectivity index is 1.81. The quantitative estimate of drug-likeness (QED) is 0.460. The second-order valence-corrected chi connectivity index (χ2v) is 7.26. The van der Waals surface area contributed by atoms with Crippen LogP contribution in [-0.4, -0.2) is 14.4 Å². The van der Waals surface area contributed by atoms with Crippen LogP contribution in [0.2, 0.25) is 0 Å². The highest BCUT2D eigenvalue weighted by Crippen LogP contribution is 2.34. The molecule has 0 radical (unpaired) electrons. The van der Waals surface area contributed by atoms with Gasteiger partial charge in [-0.15, -0.1) is 0 Å². The summed E-state index contributed by atoms with van der Waals surface area (Å²) in [6, 6.07) is 7.21. The molecule has 0 amide bonds. The van der Waals surface area contributed by atoms with Crippen molar-refractivity contribution >= 4 is 28.2 Å². The smallest absolute Gasteiger partial charge is 0.399 e. The largest absolute Gasteiger partial charge is 0.416 e. The number of nitrogens with zero attached hydrogens (tertiary/aromatic N) is 3. The van der Waals surface area contributed by atoms with Crippen molar-refractivity contribution in [2.45, 2.75) is 33.0 Å². The second kappa shape index (κ2) is 6.65. The third kappa shape index (κ3) is 3.46. The van der Waals surface area contributed by atoms with Gasteiger partial charge in [0.1, 0.15) is 5.82 Å². The minimum Gasteiger partial charge on any atom is -0.399 e. The third-order valence-corrected chi connectivity index (χ3v) is 5.12. The van der Waals surface area contributed by atoms with E-state index in [1.54, 1.807) is 19.2 Å². The van der Waals surface area contributed by atoms with Gasteiger partial charge in [-0.1, -0.05) is 0 Å². The van der Waals surface area contributed by atoms with Crippen LogP contribution in [0.25, 0.3) is 16.7 Å². The number of anilines is 2. The third-order valence-electron chi connectivity index (χ3n) is 5.12. The van der Waals surface area contributed by atoms with Crippen molar-refractivity contribution < 1.29 is 13.2 Å². The molecule has 150 valence electrons. The molecule has 8 heteroatoms. The van der Waals surface area contributed by atoms with E-state index >= 15 is 0 Å².